The van der Waals surface area contributed by atoms with Gasteiger partial charge in [0.1, 0.15) is 0 Å². The highest BCUT2D eigenvalue weighted by Gasteiger charge is 2.05. The van der Waals surface area contributed by atoms with Crippen LogP contribution in [-0.4, -0.2) is 12.1 Å². The van der Waals surface area contributed by atoms with E-state index in [9.17, 15) is 0 Å². The Labute approximate surface area is 89.3 Å². The number of hydrogen-bond donors (Lipinski definition) is 1. The van der Waals surface area contributed by atoms with Gasteiger partial charge in [0.2, 0.25) is 0 Å². The summed E-state index contributed by atoms with van der Waals surface area (Å²) in [6.45, 7) is 13.7. The molecular weight excluding hydrogens is 170 g/mol. The maximum Gasteiger partial charge on any atom is 0.00966 e. The van der Waals surface area contributed by atoms with Crippen molar-refractivity contribution in [2.45, 2.75) is 52.5 Å². The van der Waals surface area contributed by atoms with E-state index in [1.165, 1.54) is 5.57 Å². The monoisotopic (exact) mass is 195 g/mol. The fourth-order valence-corrected chi connectivity index (χ4v) is 1.04. The van der Waals surface area contributed by atoms with Crippen molar-refractivity contribution in [3.63, 3.8) is 0 Å². The Kier molecular flexibility index (Phi) is 6.56. The van der Waals surface area contributed by atoms with Crippen molar-refractivity contribution in [3.8, 4) is 0 Å². The summed E-state index contributed by atoms with van der Waals surface area (Å²) >= 11 is 0. The first-order valence-corrected chi connectivity index (χ1v) is 5.52. The summed E-state index contributed by atoms with van der Waals surface area (Å²) in [5.74, 6) is 0. The maximum atomic E-state index is 3.96. The van der Waals surface area contributed by atoms with Gasteiger partial charge in [0.25, 0.3) is 0 Å². The van der Waals surface area contributed by atoms with Crippen LogP contribution >= 0.6 is 0 Å². The highest BCUT2D eigenvalue weighted by atomic mass is 14.9. The average molecular weight is 195 g/mol. The highest BCUT2D eigenvalue weighted by Crippen LogP contribution is 2.03. The highest BCUT2D eigenvalue weighted by molar-refractivity contribution is 5.01. The molecule has 1 N–H and O–H groups in total. The van der Waals surface area contributed by atoms with E-state index < -0.39 is 0 Å². The fourth-order valence-electron chi connectivity index (χ4n) is 1.04. The van der Waals surface area contributed by atoms with E-state index in [1.54, 1.807) is 0 Å². The lowest BCUT2D eigenvalue weighted by Gasteiger charge is -2.19. The predicted molar refractivity (Wildman–Crippen MR) is 65.6 cm³/mol. The van der Waals surface area contributed by atoms with Crippen LogP contribution in [0.3, 0.4) is 0 Å². The van der Waals surface area contributed by atoms with Gasteiger partial charge in [-0.2, -0.15) is 0 Å². The molecule has 0 saturated carbocycles. The molecule has 1 heteroatoms. The molecule has 0 unspecified atom stereocenters. The molecule has 0 aliphatic heterocycles. The van der Waals surface area contributed by atoms with Crippen molar-refractivity contribution in [1.29, 1.82) is 0 Å². The zero-order chi connectivity index (χ0) is 11.0. The molecule has 0 aromatic carbocycles. The zero-order valence-electron chi connectivity index (χ0n) is 10.2. The van der Waals surface area contributed by atoms with Crippen LogP contribution in [0.4, 0.5) is 0 Å². The van der Waals surface area contributed by atoms with Gasteiger partial charge in [0, 0.05) is 5.54 Å². The second-order valence-electron chi connectivity index (χ2n) is 4.74. The van der Waals surface area contributed by atoms with Gasteiger partial charge >= 0.3 is 0 Å². The Morgan fingerprint density at radius 3 is 2.43 bits per heavy atom. The molecule has 0 heterocycles. The summed E-state index contributed by atoms with van der Waals surface area (Å²) in [5.41, 5.74) is 1.55. The first-order valence-electron chi connectivity index (χ1n) is 5.52. The van der Waals surface area contributed by atoms with Gasteiger partial charge in [-0.3, -0.25) is 0 Å². The molecule has 0 amide bonds. The molecule has 14 heavy (non-hydrogen) atoms. The van der Waals surface area contributed by atoms with Gasteiger partial charge in [-0.05, 0) is 46.6 Å². The molecule has 0 spiro atoms. The van der Waals surface area contributed by atoms with Crippen molar-refractivity contribution in [2.75, 3.05) is 6.54 Å². The van der Waals surface area contributed by atoms with Crippen LogP contribution in [0.25, 0.3) is 0 Å². The Hall–Kier alpha value is -0.560. The predicted octanol–water partition coefficient (Wildman–Crippen LogP) is 3.68. The van der Waals surface area contributed by atoms with E-state index in [0.29, 0.717) is 0 Å². The summed E-state index contributed by atoms with van der Waals surface area (Å²) in [6.07, 6.45) is 7.68. The zero-order valence-corrected chi connectivity index (χ0v) is 10.2. The summed E-state index contributed by atoms with van der Waals surface area (Å²) in [5, 5.41) is 3.45. The molecule has 0 rings (SSSR count). The molecule has 0 radical (unpaired) electrons. The van der Waals surface area contributed by atoms with Crippen molar-refractivity contribution in [2.24, 2.45) is 0 Å². The quantitative estimate of drug-likeness (QED) is 0.503. The van der Waals surface area contributed by atoms with E-state index in [1.807, 2.05) is 0 Å². The molecule has 1 nitrogen and oxygen atoms in total. The minimum Gasteiger partial charge on any atom is -0.312 e. The number of nitrogens with one attached hydrogen (secondary N) is 1. The molecule has 0 bridgehead atoms. The van der Waals surface area contributed by atoms with E-state index in [2.05, 4.69) is 51.7 Å². The van der Waals surface area contributed by atoms with Gasteiger partial charge in [-0.25, -0.2) is 0 Å². The van der Waals surface area contributed by atoms with Gasteiger partial charge in [0.05, 0.1) is 0 Å². The topological polar surface area (TPSA) is 12.0 Å². The normalized spacial score (nSPS) is 12.3. The number of hydrogen-bond acceptors (Lipinski definition) is 1. The summed E-state index contributed by atoms with van der Waals surface area (Å²) in [4.78, 5) is 0. The minimum atomic E-state index is 0.237. The van der Waals surface area contributed by atoms with E-state index >= 15 is 0 Å². The number of rotatable bonds is 6. The van der Waals surface area contributed by atoms with Gasteiger partial charge in [-0.1, -0.05) is 31.2 Å². The van der Waals surface area contributed by atoms with Gasteiger partial charge in [-0.15, -0.1) is 0 Å². The Morgan fingerprint density at radius 2 is 1.93 bits per heavy atom. The lowest BCUT2D eigenvalue weighted by molar-refractivity contribution is 0.431. The molecule has 0 atom stereocenters. The lowest BCUT2D eigenvalue weighted by Crippen LogP contribution is -2.36. The second kappa shape index (κ2) is 6.83. The van der Waals surface area contributed by atoms with Crippen molar-refractivity contribution in [1.82, 2.24) is 5.32 Å². The van der Waals surface area contributed by atoms with Crippen molar-refractivity contribution < 1.29 is 0 Å². The molecule has 0 aliphatic rings. The number of allylic oxidation sites excluding steroid dienone is 2. The third-order valence-electron chi connectivity index (χ3n) is 2.04. The SMILES string of the molecule is C=C(CC)CC=CCCNC(C)(C)C. The average Bonchev–Trinajstić information content (AvgIpc) is 2.08. The summed E-state index contributed by atoms with van der Waals surface area (Å²) in [7, 11) is 0. The standard InChI is InChI=1S/C13H25N/c1-6-12(2)10-8-7-9-11-14-13(3,4)5/h7-8,14H,2,6,9-11H2,1,3-5H3. The fraction of sp³-hybridized carbons (Fsp3) is 0.692. The van der Waals surface area contributed by atoms with E-state index in [-0.39, 0.29) is 5.54 Å². The van der Waals surface area contributed by atoms with Crippen LogP contribution in [0.15, 0.2) is 24.3 Å². The van der Waals surface area contributed by atoms with Crippen LogP contribution in [0, 0.1) is 0 Å². The Morgan fingerprint density at radius 1 is 1.29 bits per heavy atom. The third kappa shape index (κ3) is 9.53. The summed E-state index contributed by atoms with van der Waals surface area (Å²) < 4.78 is 0. The minimum absolute atomic E-state index is 0.237. The van der Waals surface area contributed by atoms with Crippen LogP contribution in [0.2, 0.25) is 0 Å². The first-order chi connectivity index (χ1) is 6.45. The van der Waals surface area contributed by atoms with Crippen molar-refractivity contribution >= 4 is 0 Å². The molecule has 0 aromatic heterocycles. The molecule has 82 valence electrons. The van der Waals surface area contributed by atoms with Crippen LogP contribution < -0.4 is 5.32 Å². The molecular formula is C13H25N. The van der Waals surface area contributed by atoms with E-state index in [0.717, 1.165) is 25.8 Å². The molecule has 0 aromatic rings. The van der Waals surface area contributed by atoms with Crippen molar-refractivity contribution in [3.05, 3.63) is 24.3 Å². The largest absolute Gasteiger partial charge is 0.312 e. The molecule has 0 saturated heterocycles. The molecule has 0 fully saturated rings. The first kappa shape index (κ1) is 13.4. The van der Waals surface area contributed by atoms with Gasteiger partial charge in [0.15, 0.2) is 0 Å². The smallest absolute Gasteiger partial charge is 0.00966 e. The Bertz CT molecular complexity index is 184. The van der Waals surface area contributed by atoms with Crippen LogP contribution in [0.5, 0.6) is 0 Å². The summed E-state index contributed by atoms with van der Waals surface area (Å²) in [6, 6.07) is 0. The van der Waals surface area contributed by atoms with E-state index in [4.69, 9.17) is 0 Å². The van der Waals surface area contributed by atoms with Gasteiger partial charge < -0.3 is 5.32 Å². The van der Waals surface area contributed by atoms with Crippen LogP contribution in [-0.2, 0) is 0 Å². The maximum absolute atomic E-state index is 3.96. The van der Waals surface area contributed by atoms with Crippen LogP contribution in [0.1, 0.15) is 47.0 Å². The Balaban J connectivity index is 3.41. The second-order valence-corrected chi connectivity index (χ2v) is 4.74. The molecule has 0 aliphatic carbocycles. The third-order valence-corrected chi connectivity index (χ3v) is 2.04. The lowest BCUT2D eigenvalue weighted by atomic mass is 10.1.